The predicted molar refractivity (Wildman–Crippen MR) is 101 cm³/mol. The number of amides is 1. The molecule has 2 aromatic rings. The molecule has 3 rings (SSSR count). The van der Waals surface area contributed by atoms with Gasteiger partial charge in [0.25, 0.3) is 5.91 Å². The van der Waals surface area contributed by atoms with Crippen LogP contribution in [0.3, 0.4) is 0 Å². The molecule has 0 spiro atoms. The number of sulfonamides is 1. The first kappa shape index (κ1) is 17.5. The Labute approximate surface area is 148 Å². The van der Waals surface area contributed by atoms with Gasteiger partial charge >= 0.3 is 0 Å². The fraction of sp³-hybridized carbons (Fsp3) is 0.316. The minimum atomic E-state index is -3.32. The highest BCUT2D eigenvalue weighted by Gasteiger charge is 2.32. The second kappa shape index (κ2) is 6.19. The van der Waals surface area contributed by atoms with Crippen LogP contribution in [0.1, 0.15) is 34.0 Å². The Morgan fingerprint density at radius 1 is 1.12 bits per heavy atom. The van der Waals surface area contributed by atoms with Crippen LogP contribution in [0.15, 0.2) is 36.4 Å². The number of benzene rings is 2. The fourth-order valence-corrected chi connectivity index (χ4v) is 4.54. The minimum Gasteiger partial charge on any atom is -0.322 e. The zero-order chi connectivity index (χ0) is 18.4. The van der Waals surface area contributed by atoms with E-state index >= 15 is 0 Å². The molecule has 1 atom stereocenters. The van der Waals surface area contributed by atoms with Crippen molar-refractivity contribution in [1.82, 2.24) is 0 Å². The number of carbonyl (C=O) groups is 1. The van der Waals surface area contributed by atoms with E-state index < -0.39 is 10.0 Å². The van der Waals surface area contributed by atoms with Gasteiger partial charge in [-0.1, -0.05) is 6.07 Å². The Morgan fingerprint density at radius 3 is 2.48 bits per heavy atom. The summed E-state index contributed by atoms with van der Waals surface area (Å²) in [5.74, 6) is -0.198. The Bertz CT molecular complexity index is 951. The Morgan fingerprint density at radius 2 is 1.84 bits per heavy atom. The van der Waals surface area contributed by atoms with Gasteiger partial charge < -0.3 is 5.32 Å². The van der Waals surface area contributed by atoms with Crippen molar-refractivity contribution in [3.8, 4) is 0 Å². The van der Waals surface area contributed by atoms with E-state index in [-0.39, 0.29) is 11.9 Å². The van der Waals surface area contributed by atoms with Crippen LogP contribution in [0.25, 0.3) is 0 Å². The van der Waals surface area contributed by atoms with Crippen molar-refractivity contribution in [2.75, 3.05) is 15.9 Å². The smallest absolute Gasteiger partial charge is 0.255 e. The summed E-state index contributed by atoms with van der Waals surface area (Å²) in [5, 5.41) is 2.90. The second-order valence-corrected chi connectivity index (χ2v) is 8.57. The van der Waals surface area contributed by atoms with Crippen molar-refractivity contribution in [3.05, 3.63) is 58.7 Å². The number of fused-ring (bicyclic) bond motifs is 1. The highest BCUT2D eigenvalue weighted by Crippen LogP contribution is 2.34. The topological polar surface area (TPSA) is 66.5 Å². The molecule has 0 aromatic heterocycles. The lowest BCUT2D eigenvalue weighted by atomic mass is 10.1. The van der Waals surface area contributed by atoms with Crippen molar-refractivity contribution in [2.24, 2.45) is 0 Å². The van der Waals surface area contributed by atoms with Gasteiger partial charge in [0.2, 0.25) is 10.0 Å². The van der Waals surface area contributed by atoms with E-state index in [2.05, 4.69) is 5.32 Å². The van der Waals surface area contributed by atoms with Crippen LogP contribution >= 0.6 is 0 Å². The van der Waals surface area contributed by atoms with Gasteiger partial charge in [-0.2, -0.15) is 0 Å². The molecule has 0 saturated carbocycles. The zero-order valence-electron chi connectivity index (χ0n) is 14.8. The number of aryl methyl sites for hydroxylation is 2. The third-order valence-electron chi connectivity index (χ3n) is 4.62. The predicted octanol–water partition coefficient (Wildman–Crippen LogP) is 3.27. The van der Waals surface area contributed by atoms with Gasteiger partial charge in [0.1, 0.15) is 0 Å². The molecule has 1 aliphatic rings. The van der Waals surface area contributed by atoms with E-state index in [1.165, 1.54) is 16.1 Å². The van der Waals surface area contributed by atoms with E-state index in [1.807, 2.05) is 39.0 Å². The van der Waals surface area contributed by atoms with Crippen molar-refractivity contribution in [1.29, 1.82) is 0 Å². The standard InChI is InChI=1S/C19H22N2O3S/c1-12-5-7-17(9-13(12)2)20-19(22)15-6-8-18-16(11-15)10-14(3)21(18)25(4,23)24/h5-9,11,14H,10H2,1-4H3,(H,20,22)/t14-/m1/s1. The number of anilines is 2. The summed E-state index contributed by atoms with van der Waals surface area (Å²) in [7, 11) is -3.32. The second-order valence-electron chi connectivity index (χ2n) is 6.71. The van der Waals surface area contributed by atoms with Gasteiger partial charge in [0, 0.05) is 17.3 Å². The lowest BCUT2D eigenvalue weighted by Crippen LogP contribution is -2.34. The van der Waals surface area contributed by atoms with Crippen molar-refractivity contribution in [2.45, 2.75) is 33.2 Å². The van der Waals surface area contributed by atoms with Gasteiger partial charge in [-0.25, -0.2) is 8.42 Å². The van der Waals surface area contributed by atoms with Crippen LogP contribution in [0.5, 0.6) is 0 Å². The zero-order valence-corrected chi connectivity index (χ0v) is 15.6. The third-order valence-corrected chi connectivity index (χ3v) is 5.89. The van der Waals surface area contributed by atoms with Gasteiger partial charge in [-0.05, 0) is 74.2 Å². The quantitative estimate of drug-likeness (QED) is 0.916. The number of rotatable bonds is 3. The molecule has 0 radical (unpaired) electrons. The first-order chi connectivity index (χ1) is 11.7. The highest BCUT2D eigenvalue weighted by molar-refractivity contribution is 7.92. The molecule has 0 unspecified atom stereocenters. The highest BCUT2D eigenvalue weighted by atomic mass is 32.2. The van der Waals surface area contributed by atoms with E-state index in [1.54, 1.807) is 18.2 Å². The van der Waals surface area contributed by atoms with E-state index in [0.29, 0.717) is 17.7 Å². The van der Waals surface area contributed by atoms with Crippen LogP contribution in [0.4, 0.5) is 11.4 Å². The summed E-state index contributed by atoms with van der Waals surface area (Å²) in [4.78, 5) is 12.5. The lowest BCUT2D eigenvalue weighted by Gasteiger charge is -2.21. The molecular formula is C19H22N2O3S. The molecule has 0 saturated heterocycles. The number of hydrogen-bond donors (Lipinski definition) is 1. The Kier molecular flexibility index (Phi) is 4.33. The molecule has 25 heavy (non-hydrogen) atoms. The summed E-state index contributed by atoms with van der Waals surface area (Å²) in [6, 6.07) is 10.8. The molecule has 1 aliphatic heterocycles. The van der Waals surface area contributed by atoms with Crippen LogP contribution in [-0.2, 0) is 16.4 Å². The van der Waals surface area contributed by atoms with Gasteiger partial charge in [-0.15, -0.1) is 0 Å². The van der Waals surface area contributed by atoms with Crippen LogP contribution in [-0.4, -0.2) is 26.6 Å². The Hall–Kier alpha value is -2.34. The summed E-state index contributed by atoms with van der Waals surface area (Å²) in [5.41, 5.74) is 5.11. The van der Waals surface area contributed by atoms with Crippen molar-refractivity contribution < 1.29 is 13.2 Å². The van der Waals surface area contributed by atoms with Crippen LogP contribution in [0, 0.1) is 13.8 Å². The summed E-state index contributed by atoms with van der Waals surface area (Å²) in [6.07, 6.45) is 1.81. The van der Waals surface area contributed by atoms with Crippen LogP contribution in [0.2, 0.25) is 0 Å². The number of nitrogens with one attached hydrogen (secondary N) is 1. The fourth-order valence-electron chi connectivity index (χ4n) is 3.27. The summed E-state index contributed by atoms with van der Waals surface area (Å²) < 4.78 is 25.4. The van der Waals surface area contributed by atoms with Crippen molar-refractivity contribution in [3.63, 3.8) is 0 Å². The number of carbonyl (C=O) groups excluding carboxylic acids is 1. The average molecular weight is 358 g/mol. The van der Waals surface area contributed by atoms with Gasteiger partial charge in [-0.3, -0.25) is 9.10 Å². The normalized spacial score (nSPS) is 16.6. The third kappa shape index (κ3) is 3.39. The van der Waals surface area contributed by atoms with E-state index in [4.69, 9.17) is 0 Å². The molecule has 6 heteroatoms. The summed E-state index contributed by atoms with van der Waals surface area (Å²) >= 11 is 0. The minimum absolute atomic E-state index is 0.136. The van der Waals surface area contributed by atoms with Gasteiger partial charge in [0.15, 0.2) is 0 Å². The molecule has 2 aromatic carbocycles. The number of hydrogen-bond acceptors (Lipinski definition) is 3. The molecule has 1 N–H and O–H groups in total. The molecule has 1 heterocycles. The van der Waals surface area contributed by atoms with E-state index in [0.717, 1.165) is 16.8 Å². The maximum absolute atomic E-state index is 12.5. The summed E-state index contributed by atoms with van der Waals surface area (Å²) in [6.45, 7) is 5.90. The monoisotopic (exact) mass is 358 g/mol. The molecule has 0 fully saturated rings. The average Bonchev–Trinajstić information content (AvgIpc) is 2.85. The molecular weight excluding hydrogens is 336 g/mol. The van der Waals surface area contributed by atoms with Crippen molar-refractivity contribution >= 4 is 27.3 Å². The van der Waals surface area contributed by atoms with Crippen LogP contribution < -0.4 is 9.62 Å². The molecule has 0 aliphatic carbocycles. The SMILES string of the molecule is Cc1ccc(NC(=O)c2ccc3c(c2)C[C@@H](C)N3S(C)(=O)=O)cc1C. The van der Waals surface area contributed by atoms with E-state index in [9.17, 15) is 13.2 Å². The molecule has 0 bridgehead atoms. The molecule has 5 nitrogen and oxygen atoms in total. The molecule has 132 valence electrons. The maximum Gasteiger partial charge on any atom is 0.255 e. The molecule has 1 amide bonds. The first-order valence-electron chi connectivity index (χ1n) is 8.18. The van der Waals surface area contributed by atoms with Gasteiger partial charge in [0.05, 0.1) is 11.9 Å². The first-order valence-corrected chi connectivity index (χ1v) is 10.0. The lowest BCUT2D eigenvalue weighted by molar-refractivity contribution is 0.102. The number of nitrogens with zero attached hydrogens (tertiary/aromatic N) is 1. The maximum atomic E-state index is 12.5. The Balaban J connectivity index is 1.86. The largest absolute Gasteiger partial charge is 0.322 e.